The molecule has 0 fully saturated rings. The maximum atomic E-state index is 10.2. The Balaban J connectivity index is 0.000000211. The van der Waals surface area contributed by atoms with Crippen LogP contribution in [-0.4, -0.2) is 17.5 Å². The highest BCUT2D eigenvalue weighted by Crippen LogP contribution is 2.14. The molecule has 0 spiro atoms. The SMILES string of the molecule is C=C(C=O)c1ccccc1.C=C(c1ccccc1)C(C)O. The van der Waals surface area contributed by atoms with Crippen molar-refractivity contribution < 1.29 is 9.90 Å². The molecule has 0 aliphatic heterocycles. The fourth-order valence-corrected chi connectivity index (χ4v) is 1.61. The monoisotopic (exact) mass is 280 g/mol. The molecule has 2 aromatic rings. The third-order valence-corrected chi connectivity index (χ3v) is 2.94. The highest BCUT2D eigenvalue weighted by molar-refractivity contribution is 6.05. The van der Waals surface area contributed by atoms with Crippen LogP contribution in [0, 0.1) is 0 Å². The summed E-state index contributed by atoms with van der Waals surface area (Å²) in [6.07, 6.45) is 0.299. The first-order valence-corrected chi connectivity index (χ1v) is 6.68. The molecule has 2 nitrogen and oxygen atoms in total. The summed E-state index contributed by atoms with van der Waals surface area (Å²) in [5, 5.41) is 9.17. The van der Waals surface area contributed by atoms with Gasteiger partial charge in [-0.15, -0.1) is 0 Å². The van der Waals surface area contributed by atoms with E-state index in [1.165, 1.54) is 0 Å². The first kappa shape index (κ1) is 16.6. The number of aliphatic hydroxyl groups excluding tert-OH is 1. The molecule has 2 aromatic carbocycles. The van der Waals surface area contributed by atoms with E-state index in [9.17, 15) is 9.90 Å². The zero-order valence-corrected chi connectivity index (χ0v) is 12.2. The van der Waals surface area contributed by atoms with Gasteiger partial charge in [-0.3, -0.25) is 4.79 Å². The molecular weight excluding hydrogens is 260 g/mol. The topological polar surface area (TPSA) is 37.3 Å². The van der Waals surface area contributed by atoms with Crippen LogP contribution in [0.5, 0.6) is 0 Å². The van der Waals surface area contributed by atoms with Gasteiger partial charge >= 0.3 is 0 Å². The van der Waals surface area contributed by atoms with Crippen LogP contribution in [0.15, 0.2) is 73.8 Å². The molecule has 1 atom stereocenters. The standard InChI is InChI=1S/C10H12O.C9H8O/c1-8(9(2)11)10-6-4-3-5-7-10;1-8(7-10)9-5-3-2-4-6-9/h3-7,9,11H,1H2,2H3;2-7H,1H2. The number of aldehydes is 1. The molecule has 0 saturated carbocycles. The van der Waals surface area contributed by atoms with Crippen molar-refractivity contribution in [2.45, 2.75) is 13.0 Å². The Morgan fingerprint density at radius 3 is 1.76 bits per heavy atom. The molecule has 0 saturated heterocycles. The normalized spacial score (nSPS) is 10.8. The number of aliphatic hydroxyl groups is 1. The van der Waals surface area contributed by atoms with Gasteiger partial charge < -0.3 is 5.11 Å². The minimum absolute atomic E-state index is 0.461. The van der Waals surface area contributed by atoms with Crippen molar-refractivity contribution in [3.63, 3.8) is 0 Å². The van der Waals surface area contributed by atoms with Crippen LogP contribution in [0.4, 0.5) is 0 Å². The number of hydrogen-bond donors (Lipinski definition) is 1. The van der Waals surface area contributed by atoms with E-state index in [0.29, 0.717) is 5.57 Å². The molecule has 0 aliphatic rings. The molecule has 0 amide bonds. The van der Waals surface area contributed by atoms with Gasteiger partial charge in [-0.05, 0) is 23.6 Å². The van der Waals surface area contributed by atoms with Crippen LogP contribution >= 0.6 is 0 Å². The minimum Gasteiger partial charge on any atom is -0.389 e. The maximum absolute atomic E-state index is 10.2. The Bertz CT molecular complexity index is 583. The summed E-state index contributed by atoms with van der Waals surface area (Å²) in [4.78, 5) is 10.2. The molecule has 0 bridgehead atoms. The van der Waals surface area contributed by atoms with E-state index in [4.69, 9.17) is 0 Å². The van der Waals surface area contributed by atoms with Gasteiger partial charge in [0.05, 0.1) is 6.10 Å². The summed E-state index contributed by atoms with van der Waals surface area (Å²) in [5.41, 5.74) is 3.19. The maximum Gasteiger partial charge on any atom is 0.150 e. The van der Waals surface area contributed by atoms with Crippen molar-refractivity contribution in [2.75, 3.05) is 0 Å². The Labute approximate surface area is 126 Å². The van der Waals surface area contributed by atoms with Gasteiger partial charge in [-0.2, -0.15) is 0 Å². The lowest BCUT2D eigenvalue weighted by Gasteiger charge is -2.07. The summed E-state index contributed by atoms with van der Waals surface area (Å²) in [5.74, 6) is 0. The van der Waals surface area contributed by atoms with E-state index in [1.54, 1.807) is 6.92 Å². The molecule has 1 N–H and O–H groups in total. The quantitative estimate of drug-likeness (QED) is 0.679. The highest BCUT2D eigenvalue weighted by atomic mass is 16.3. The average molecular weight is 280 g/mol. The molecule has 0 radical (unpaired) electrons. The van der Waals surface area contributed by atoms with Crippen molar-refractivity contribution >= 4 is 17.4 Å². The summed E-state index contributed by atoms with van der Waals surface area (Å²) in [7, 11) is 0. The van der Waals surface area contributed by atoms with Crippen molar-refractivity contribution in [1.82, 2.24) is 0 Å². The fourth-order valence-electron chi connectivity index (χ4n) is 1.61. The summed E-state index contributed by atoms with van der Waals surface area (Å²) in [6, 6.07) is 19.1. The van der Waals surface area contributed by atoms with Gasteiger partial charge in [0.15, 0.2) is 0 Å². The van der Waals surface area contributed by atoms with Gasteiger partial charge in [-0.25, -0.2) is 0 Å². The van der Waals surface area contributed by atoms with E-state index in [0.717, 1.165) is 23.0 Å². The van der Waals surface area contributed by atoms with Crippen molar-refractivity contribution in [1.29, 1.82) is 0 Å². The van der Waals surface area contributed by atoms with Gasteiger partial charge in [0, 0.05) is 5.57 Å². The summed E-state index contributed by atoms with van der Waals surface area (Å²) >= 11 is 0. The lowest BCUT2D eigenvalue weighted by molar-refractivity contribution is -0.103. The lowest BCUT2D eigenvalue weighted by Crippen LogP contribution is -2.01. The van der Waals surface area contributed by atoms with E-state index in [1.807, 2.05) is 60.7 Å². The number of benzene rings is 2. The molecule has 0 heterocycles. The smallest absolute Gasteiger partial charge is 0.150 e. The van der Waals surface area contributed by atoms with E-state index < -0.39 is 6.10 Å². The third-order valence-electron chi connectivity index (χ3n) is 2.94. The lowest BCUT2D eigenvalue weighted by atomic mass is 10.0. The second kappa shape index (κ2) is 8.67. The molecule has 2 heteroatoms. The zero-order chi connectivity index (χ0) is 15.7. The van der Waals surface area contributed by atoms with Gasteiger partial charge in [0.2, 0.25) is 0 Å². The zero-order valence-electron chi connectivity index (χ0n) is 12.2. The van der Waals surface area contributed by atoms with E-state index >= 15 is 0 Å². The van der Waals surface area contributed by atoms with Crippen LogP contribution in [0.2, 0.25) is 0 Å². The first-order valence-electron chi connectivity index (χ1n) is 6.68. The fraction of sp³-hybridized carbons (Fsp3) is 0.105. The summed E-state index contributed by atoms with van der Waals surface area (Å²) in [6.45, 7) is 9.07. The Morgan fingerprint density at radius 2 is 1.38 bits per heavy atom. The molecule has 2 rings (SSSR count). The first-order chi connectivity index (χ1) is 10.1. The van der Waals surface area contributed by atoms with Crippen LogP contribution in [-0.2, 0) is 4.79 Å². The van der Waals surface area contributed by atoms with Crippen LogP contribution in [0.25, 0.3) is 11.1 Å². The average Bonchev–Trinajstić information content (AvgIpc) is 2.55. The van der Waals surface area contributed by atoms with Crippen molar-refractivity contribution in [2.24, 2.45) is 0 Å². The number of carbonyl (C=O) groups excluding carboxylic acids is 1. The van der Waals surface area contributed by atoms with Gasteiger partial charge in [0.25, 0.3) is 0 Å². The minimum atomic E-state index is -0.461. The third kappa shape index (κ3) is 5.59. The summed E-state index contributed by atoms with van der Waals surface area (Å²) < 4.78 is 0. The number of carbonyl (C=O) groups is 1. The molecule has 21 heavy (non-hydrogen) atoms. The number of hydrogen-bond acceptors (Lipinski definition) is 2. The molecule has 0 aromatic heterocycles. The van der Waals surface area contributed by atoms with Crippen LogP contribution in [0.3, 0.4) is 0 Å². The Kier molecular flexibility index (Phi) is 6.85. The largest absolute Gasteiger partial charge is 0.389 e. The van der Waals surface area contributed by atoms with Gasteiger partial charge in [0.1, 0.15) is 6.29 Å². The van der Waals surface area contributed by atoms with Gasteiger partial charge in [-0.1, -0.05) is 73.8 Å². The second-order valence-electron chi connectivity index (χ2n) is 4.58. The highest BCUT2D eigenvalue weighted by Gasteiger charge is 2.02. The molecule has 0 aliphatic carbocycles. The van der Waals surface area contributed by atoms with E-state index in [2.05, 4.69) is 13.2 Å². The van der Waals surface area contributed by atoms with Crippen molar-refractivity contribution in [3.8, 4) is 0 Å². The Morgan fingerprint density at radius 1 is 0.952 bits per heavy atom. The molecule has 108 valence electrons. The molecular formula is C19H20O2. The predicted octanol–water partition coefficient (Wildman–Crippen LogP) is 3.98. The predicted molar refractivity (Wildman–Crippen MR) is 88.7 cm³/mol. The number of rotatable bonds is 4. The Hall–Kier alpha value is -2.45. The second-order valence-corrected chi connectivity index (χ2v) is 4.58. The van der Waals surface area contributed by atoms with E-state index in [-0.39, 0.29) is 0 Å². The van der Waals surface area contributed by atoms with Crippen LogP contribution in [0.1, 0.15) is 18.1 Å². The van der Waals surface area contributed by atoms with Crippen molar-refractivity contribution in [3.05, 3.63) is 84.9 Å². The van der Waals surface area contributed by atoms with Crippen LogP contribution < -0.4 is 0 Å². The number of allylic oxidation sites excluding steroid dienone is 1. The molecule has 1 unspecified atom stereocenters.